The second-order valence-corrected chi connectivity index (χ2v) is 5.81. The fourth-order valence-electron chi connectivity index (χ4n) is 1.05. The smallest absolute Gasteiger partial charge is 0.00218 e. The molecule has 0 aliphatic carbocycles. The molecular formula is C16H41N3. The number of hydrogen-bond acceptors (Lipinski definition) is 3. The highest BCUT2D eigenvalue weighted by atomic mass is 15.1. The first-order chi connectivity index (χ1) is 8.81. The maximum Gasteiger partial charge on any atom is -0.00218 e. The molecule has 0 bridgehead atoms. The summed E-state index contributed by atoms with van der Waals surface area (Å²) in [6, 6.07) is 0. The average Bonchev–Trinajstić information content (AvgIpc) is 2.31. The van der Waals surface area contributed by atoms with E-state index in [9.17, 15) is 0 Å². The average molecular weight is 276 g/mol. The molecule has 1 saturated heterocycles. The molecule has 0 unspecified atom stereocenters. The Bertz CT molecular complexity index is 127. The highest BCUT2D eigenvalue weighted by Crippen LogP contribution is 2.04. The van der Waals surface area contributed by atoms with Gasteiger partial charge in [-0.25, -0.2) is 0 Å². The van der Waals surface area contributed by atoms with Crippen LogP contribution in [0.25, 0.3) is 0 Å². The van der Waals surface area contributed by atoms with Crippen molar-refractivity contribution >= 4 is 0 Å². The summed E-state index contributed by atoms with van der Waals surface area (Å²) < 4.78 is 0. The molecule has 0 amide bonds. The Balaban J connectivity index is -0.000000191. The van der Waals surface area contributed by atoms with Gasteiger partial charge in [-0.05, 0) is 74.8 Å². The minimum atomic E-state index is 1.14. The zero-order valence-electron chi connectivity index (χ0n) is 15.3. The van der Waals surface area contributed by atoms with E-state index >= 15 is 0 Å². The third kappa shape index (κ3) is 46.2. The first-order valence-corrected chi connectivity index (χ1v) is 7.75. The molecule has 0 N–H and O–H groups in total. The Morgan fingerprint density at radius 1 is 0.789 bits per heavy atom. The lowest BCUT2D eigenvalue weighted by atomic mass is 10.1. The molecule has 1 fully saturated rings. The Hall–Kier alpha value is -0.120. The van der Waals surface area contributed by atoms with Crippen LogP contribution in [0.4, 0.5) is 0 Å². The van der Waals surface area contributed by atoms with Crippen molar-refractivity contribution in [1.29, 1.82) is 0 Å². The van der Waals surface area contributed by atoms with Crippen molar-refractivity contribution < 1.29 is 0 Å². The van der Waals surface area contributed by atoms with E-state index in [1.807, 2.05) is 26.0 Å². The second kappa shape index (κ2) is 20.2. The molecular weight excluding hydrogens is 234 g/mol. The minimum Gasteiger partial charge on any atom is -0.312 e. The predicted octanol–water partition coefficient (Wildman–Crippen LogP) is 3.26. The Kier molecular flexibility index (Phi) is 25.5. The van der Waals surface area contributed by atoms with E-state index < -0.39 is 0 Å². The summed E-state index contributed by atoms with van der Waals surface area (Å²) in [7, 11) is 12.3. The molecule has 0 radical (unpaired) electrons. The monoisotopic (exact) mass is 275 g/mol. The first kappa shape index (κ1) is 23.9. The summed E-state index contributed by atoms with van der Waals surface area (Å²) >= 11 is 0. The van der Waals surface area contributed by atoms with Crippen molar-refractivity contribution in [2.45, 2.75) is 46.5 Å². The van der Waals surface area contributed by atoms with Crippen molar-refractivity contribution in [2.75, 3.05) is 61.9 Å². The van der Waals surface area contributed by atoms with Gasteiger partial charge in [0.2, 0.25) is 0 Å². The molecule has 0 aromatic carbocycles. The Morgan fingerprint density at radius 3 is 1.16 bits per heavy atom. The van der Waals surface area contributed by atoms with E-state index in [1.54, 1.807) is 0 Å². The van der Waals surface area contributed by atoms with Crippen molar-refractivity contribution in [3.8, 4) is 0 Å². The van der Waals surface area contributed by atoms with E-state index in [1.165, 1.54) is 38.8 Å². The Morgan fingerprint density at radius 2 is 1.05 bits per heavy atom. The fourth-order valence-corrected chi connectivity index (χ4v) is 1.05. The van der Waals surface area contributed by atoms with Crippen LogP contribution in [0, 0.1) is 0 Å². The second-order valence-electron chi connectivity index (χ2n) is 5.81. The predicted molar refractivity (Wildman–Crippen MR) is 91.2 cm³/mol. The number of likely N-dealkylation sites (tertiary alicyclic amines) is 1. The first-order valence-electron chi connectivity index (χ1n) is 7.75. The maximum atomic E-state index is 2.39. The molecule has 19 heavy (non-hydrogen) atoms. The molecule has 3 heteroatoms. The number of rotatable bonds is 1. The summed E-state index contributed by atoms with van der Waals surface area (Å²) in [4.78, 5) is 6.52. The summed E-state index contributed by atoms with van der Waals surface area (Å²) in [6.45, 7) is 10.2. The van der Waals surface area contributed by atoms with Gasteiger partial charge in [0.15, 0.2) is 0 Å². The van der Waals surface area contributed by atoms with E-state index in [2.05, 4.69) is 51.7 Å². The molecule has 0 spiro atoms. The molecule has 1 heterocycles. The van der Waals surface area contributed by atoms with E-state index in [0.29, 0.717) is 0 Å². The lowest BCUT2D eigenvalue weighted by Crippen LogP contribution is -2.24. The largest absolute Gasteiger partial charge is 0.312 e. The van der Waals surface area contributed by atoms with E-state index in [-0.39, 0.29) is 0 Å². The maximum absolute atomic E-state index is 2.39. The molecule has 0 saturated carbocycles. The van der Waals surface area contributed by atoms with E-state index in [4.69, 9.17) is 0 Å². The van der Waals surface area contributed by atoms with Gasteiger partial charge in [-0.1, -0.05) is 33.6 Å². The molecule has 0 aromatic heterocycles. The fraction of sp³-hybridized carbons (Fsp3) is 1.00. The molecule has 1 aliphatic heterocycles. The van der Waals surface area contributed by atoms with Crippen LogP contribution in [0.1, 0.15) is 46.5 Å². The van der Waals surface area contributed by atoms with Gasteiger partial charge in [-0.2, -0.15) is 0 Å². The van der Waals surface area contributed by atoms with Gasteiger partial charge in [0.05, 0.1) is 0 Å². The van der Waals surface area contributed by atoms with Gasteiger partial charge < -0.3 is 14.7 Å². The zero-order valence-corrected chi connectivity index (χ0v) is 15.3. The molecule has 1 aliphatic rings. The molecule has 120 valence electrons. The standard InChI is InChI=1S/C6H13N.C4H11N.C3H9N.C3H8/c1-7-5-3-2-4-6-7;1-4-5(2)3;1-4(2)3;1-3-2/h2-6H2,1H3;4H2,1-3H3;1-3H3;3H2,1-2H3. The van der Waals surface area contributed by atoms with Crippen molar-refractivity contribution in [3.63, 3.8) is 0 Å². The lowest BCUT2D eigenvalue weighted by Gasteiger charge is -2.20. The topological polar surface area (TPSA) is 9.72 Å². The zero-order chi connectivity index (χ0) is 15.7. The SMILES string of the molecule is CCC.CCN(C)C.CN(C)C.CN1CCCCC1. The van der Waals surface area contributed by atoms with Gasteiger partial charge in [0, 0.05) is 0 Å². The van der Waals surface area contributed by atoms with Gasteiger partial charge in [-0.15, -0.1) is 0 Å². The van der Waals surface area contributed by atoms with Crippen LogP contribution >= 0.6 is 0 Å². The summed E-state index contributed by atoms with van der Waals surface area (Å²) in [6.07, 6.45) is 5.53. The van der Waals surface area contributed by atoms with Crippen LogP contribution in [-0.4, -0.2) is 76.6 Å². The highest BCUT2D eigenvalue weighted by Gasteiger charge is 2.02. The third-order valence-electron chi connectivity index (χ3n) is 2.21. The summed E-state index contributed by atoms with van der Waals surface area (Å²) in [5.74, 6) is 0. The molecule has 3 nitrogen and oxygen atoms in total. The van der Waals surface area contributed by atoms with Crippen LogP contribution in [-0.2, 0) is 0 Å². The van der Waals surface area contributed by atoms with Gasteiger partial charge in [0.1, 0.15) is 0 Å². The van der Waals surface area contributed by atoms with Crippen LogP contribution in [0.15, 0.2) is 0 Å². The highest BCUT2D eigenvalue weighted by molar-refractivity contribution is 4.58. The number of nitrogens with zero attached hydrogens (tertiary/aromatic N) is 3. The summed E-state index contributed by atoms with van der Waals surface area (Å²) in [5, 5.41) is 0. The van der Waals surface area contributed by atoms with Crippen LogP contribution < -0.4 is 0 Å². The van der Waals surface area contributed by atoms with Crippen molar-refractivity contribution in [1.82, 2.24) is 14.7 Å². The molecule has 0 aromatic rings. The van der Waals surface area contributed by atoms with Crippen LogP contribution in [0.2, 0.25) is 0 Å². The minimum absolute atomic E-state index is 1.14. The van der Waals surface area contributed by atoms with Gasteiger partial charge in [0.25, 0.3) is 0 Å². The van der Waals surface area contributed by atoms with Crippen LogP contribution in [0.3, 0.4) is 0 Å². The molecule has 1 rings (SSSR count). The normalized spacial score (nSPS) is 14.7. The summed E-state index contributed by atoms with van der Waals surface area (Å²) in [5.41, 5.74) is 0. The van der Waals surface area contributed by atoms with Gasteiger partial charge in [-0.3, -0.25) is 0 Å². The van der Waals surface area contributed by atoms with Crippen molar-refractivity contribution in [3.05, 3.63) is 0 Å². The van der Waals surface area contributed by atoms with Gasteiger partial charge >= 0.3 is 0 Å². The molecule has 0 atom stereocenters. The van der Waals surface area contributed by atoms with Crippen molar-refractivity contribution in [2.24, 2.45) is 0 Å². The number of piperidine rings is 1. The quantitative estimate of drug-likeness (QED) is 0.727. The third-order valence-corrected chi connectivity index (χ3v) is 2.21. The number of hydrogen-bond donors (Lipinski definition) is 0. The Labute approximate surface area is 124 Å². The van der Waals surface area contributed by atoms with Crippen LogP contribution in [0.5, 0.6) is 0 Å². The lowest BCUT2D eigenvalue weighted by molar-refractivity contribution is 0.277. The van der Waals surface area contributed by atoms with E-state index in [0.717, 1.165) is 6.54 Å².